The lowest BCUT2D eigenvalue weighted by molar-refractivity contribution is 0.0971. The van der Waals surface area contributed by atoms with E-state index >= 15 is 0 Å². The van der Waals surface area contributed by atoms with Crippen LogP contribution in [-0.2, 0) is 0 Å². The van der Waals surface area contributed by atoms with Crippen molar-refractivity contribution >= 4 is 5.78 Å². The lowest BCUT2D eigenvalue weighted by Crippen LogP contribution is -2.30. The minimum atomic E-state index is 0.162. The molecule has 20 heavy (non-hydrogen) atoms. The molecule has 0 bridgehead atoms. The van der Waals surface area contributed by atoms with Crippen LogP contribution in [0.1, 0.15) is 49.9 Å². The van der Waals surface area contributed by atoms with Crippen LogP contribution in [0.25, 0.3) is 0 Å². The van der Waals surface area contributed by atoms with E-state index in [0.29, 0.717) is 12.3 Å². The van der Waals surface area contributed by atoms with E-state index in [2.05, 4.69) is 5.32 Å². The maximum Gasteiger partial charge on any atom is 0.162 e. The van der Waals surface area contributed by atoms with Gasteiger partial charge in [-0.2, -0.15) is 0 Å². The molecule has 0 saturated carbocycles. The van der Waals surface area contributed by atoms with Crippen molar-refractivity contribution < 1.29 is 9.53 Å². The third-order valence-electron chi connectivity index (χ3n) is 3.73. The third-order valence-corrected chi connectivity index (χ3v) is 3.73. The molecule has 0 aromatic heterocycles. The number of benzene rings is 1. The maximum absolute atomic E-state index is 12.2. The Hall–Kier alpha value is -1.35. The number of hydrogen-bond acceptors (Lipinski definition) is 3. The van der Waals surface area contributed by atoms with Crippen LogP contribution in [0.5, 0.6) is 5.75 Å². The smallest absolute Gasteiger partial charge is 0.162 e. The molecule has 0 aliphatic carbocycles. The Morgan fingerprint density at radius 1 is 1.35 bits per heavy atom. The van der Waals surface area contributed by atoms with Gasteiger partial charge in [-0.15, -0.1) is 0 Å². The second-order valence-electron chi connectivity index (χ2n) is 5.87. The van der Waals surface area contributed by atoms with E-state index in [0.717, 1.165) is 30.8 Å². The number of ketones is 1. The van der Waals surface area contributed by atoms with Gasteiger partial charge in [0.25, 0.3) is 0 Å². The summed E-state index contributed by atoms with van der Waals surface area (Å²) in [5.74, 6) is 1.73. The molecule has 1 aromatic rings. The van der Waals surface area contributed by atoms with Gasteiger partial charge in [0.05, 0.1) is 6.10 Å². The van der Waals surface area contributed by atoms with Gasteiger partial charge in [-0.1, -0.05) is 0 Å². The van der Waals surface area contributed by atoms with E-state index in [4.69, 9.17) is 4.74 Å². The highest BCUT2D eigenvalue weighted by Crippen LogP contribution is 2.19. The van der Waals surface area contributed by atoms with Gasteiger partial charge in [0.1, 0.15) is 5.75 Å². The normalized spacial score (nSPS) is 19.1. The van der Waals surface area contributed by atoms with E-state index in [-0.39, 0.29) is 11.9 Å². The highest BCUT2D eigenvalue weighted by molar-refractivity contribution is 5.96. The summed E-state index contributed by atoms with van der Waals surface area (Å²) in [6.07, 6.45) is 4.30. The fraction of sp³-hybridized carbons (Fsp3) is 0.588. The number of hydrogen-bond donors (Lipinski definition) is 1. The van der Waals surface area contributed by atoms with Crippen molar-refractivity contribution in [1.82, 2.24) is 5.32 Å². The second-order valence-corrected chi connectivity index (χ2v) is 5.87. The van der Waals surface area contributed by atoms with Gasteiger partial charge < -0.3 is 10.1 Å². The molecule has 0 radical (unpaired) electrons. The second kappa shape index (κ2) is 7.44. The van der Waals surface area contributed by atoms with E-state index in [9.17, 15) is 4.79 Å². The fourth-order valence-electron chi connectivity index (χ4n) is 2.64. The SMILES string of the molecule is CC(C)Oc1ccc(C(=O)CCC2CCCNC2)cc1. The highest BCUT2D eigenvalue weighted by atomic mass is 16.5. The molecule has 0 spiro atoms. The molecule has 0 amide bonds. The Balaban J connectivity index is 1.82. The number of nitrogens with one attached hydrogen (secondary N) is 1. The molecule has 1 atom stereocenters. The first-order valence-corrected chi connectivity index (χ1v) is 7.66. The van der Waals surface area contributed by atoms with E-state index < -0.39 is 0 Å². The van der Waals surface area contributed by atoms with Gasteiger partial charge in [0, 0.05) is 12.0 Å². The molecule has 110 valence electrons. The first-order valence-electron chi connectivity index (χ1n) is 7.66. The third kappa shape index (κ3) is 4.64. The Morgan fingerprint density at radius 3 is 2.70 bits per heavy atom. The van der Waals surface area contributed by atoms with Crippen LogP contribution >= 0.6 is 0 Å². The van der Waals surface area contributed by atoms with Crippen molar-refractivity contribution in [3.8, 4) is 5.75 Å². The van der Waals surface area contributed by atoms with Gasteiger partial charge >= 0.3 is 0 Å². The number of ether oxygens (including phenoxy) is 1. The Kier molecular flexibility index (Phi) is 5.60. The molecule has 1 unspecified atom stereocenters. The lowest BCUT2D eigenvalue weighted by Gasteiger charge is -2.22. The Labute approximate surface area is 121 Å². The average Bonchev–Trinajstić information content (AvgIpc) is 2.46. The summed E-state index contributed by atoms with van der Waals surface area (Å²) in [6, 6.07) is 7.52. The first-order chi connectivity index (χ1) is 9.65. The van der Waals surface area contributed by atoms with Crippen LogP contribution in [0.3, 0.4) is 0 Å². The minimum Gasteiger partial charge on any atom is -0.491 e. The number of piperidine rings is 1. The number of rotatable bonds is 6. The van der Waals surface area contributed by atoms with Gasteiger partial charge in [-0.05, 0) is 76.4 Å². The zero-order chi connectivity index (χ0) is 14.4. The summed E-state index contributed by atoms with van der Waals surface area (Å²) >= 11 is 0. The molecule has 1 fully saturated rings. The molecule has 1 aliphatic rings. The molecule has 2 rings (SSSR count). The quantitative estimate of drug-likeness (QED) is 0.808. The van der Waals surface area contributed by atoms with Crippen LogP contribution < -0.4 is 10.1 Å². The van der Waals surface area contributed by atoms with Crippen LogP contribution in [0.15, 0.2) is 24.3 Å². The van der Waals surface area contributed by atoms with Gasteiger partial charge in [-0.3, -0.25) is 4.79 Å². The summed E-state index contributed by atoms with van der Waals surface area (Å²) in [5.41, 5.74) is 0.796. The summed E-state index contributed by atoms with van der Waals surface area (Å²) < 4.78 is 5.58. The average molecular weight is 275 g/mol. The monoisotopic (exact) mass is 275 g/mol. The van der Waals surface area contributed by atoms with Crippen molar-refractivity contribution in [1.29, 1.82) is 0 Å². The number of carbonyl (C=O) groups excluding carboxylic acids is 1. The summed E-state index contributed by atoms with van der Waals surface area (Å²) in [4.78, 5) is 12.2. The largest absolute Gasteiger partial charge is 0.491 e. The summed E-state index contributed by atoms with van der Waals surface area (Å²) in [5, 5.41) is 3.40. The summed E-state index contributed by atoms with van der Waals surface area (Å²) in [7, 11) is 0. The predicted molar refractivity (Wildman–Crippen MR) is 81.4 cm³/mol. The molecule has 1 aliphatic heterocycles. The molecular formula is C17H25NO2. The standard InChI is InChI=1S/C17H25NO2/c1-13(2)20-16-8-6-15(7-9-16)17(19)10-5-14-4-3-11-18-12-14/h6-9,13-14,18H,3-5,10-12H2,1-2H3. The zero-order valence-electron chi connectivity index (χ0n) is 12.5. The van der Waals surface area contributed by atoms with Crippen LogP contribution in [0.2, 0.25) is 0 Å². The molecule has 1 saturated heterocycles. The topological polar surface area (TPSA) is 38.3 Å². The van der Waals surface area contributed by atoms with Crippen molar-refractivity contribution in [2.24, 2.45) is 5.92 Å². The number of carbonyl (C=O) groups is 1. The van der Waals surface area contributed by atoms with E-state index in [1.165, 1.54) is 12.8 Å². The predicted octanol–water partition coefficient (Wildman–Crippen LogP) is 3.44. The van der Waals surface area contributed by atoms with Gasteiger partial charge in [-0.25, -0.2) is 0 Å². The molecule has 1 aromatic carbocycles. The van der Waals surface area contributed by atoms with E-state index in [1.807, 2.05) is 38.1 Å². The van der Waals surface area contributed by atoms with Crippen molar-refractivity contribution in [2.75, 3.05) is 13.1 Å². The van der Waals surface area contributed by atoms with E-state index in [1.54, 1.807) is 0 Å². The Morgan fingerprint density at radius 2 is 2.10 bits per heavy atom. The first kappa shape index (κ1) is 15.0. The molecule has 1 heterocycles. The van der Waals surface area contributed by atoms with Crippen LogP contribution in [-0.4, -0.2) is 25.0 Å². The van der Waals surface area contributed by atoms with Gasteiger partial charge in [0.15, 0.2) is 5.78 Å². The van der Waals surface area contributed by atoms with Crippen molar-refractivity contribution in [3.63, 3.8) is 0 Å². The van der Waals surface area contributed by atoms with Crippen LogP contribution in [0.4, 0.5) is 0 Å². The number of Topliss-reactive ketones (excluding diaryl/α,β-unsaturated/α-hetero) is 1. The maximum atomic E-state index is 12.2. The zero-order valence-corrected chi connectivity index (χ0v) is 12.5. The summed E-state index contributed by atoms with van der Waals surface area (Å²) in [6.45, 7) is 6.19. The van der Waals surface area contributed by atoms with Gasteiger partial charge in [0.2, 0.25) is 0 Å². The van der Waals surface area contributed by atoms with Crippen LogP contribution in [0, 0.1) is 5.92 Å². The molecule has 1 N–H and O–H groups in total. The minimum absolute atomic E-state index is 0.162. The fourth-order valence-corrected chi connectivity index (χ4v) is 2.64. The highest BCUT2D eigenvalue weighted by Gasteiger charge is 2.15. The lowest BCUT2D eigenvalue weighted by atomic mass is 9.92. The molecular weight excluding hydrogens is 250 g/mol. The molecule has 3 heteroatoms. The van der Waals surface area contributed by atoms with Crippen molar-refractivity contribution in [2.45, 2.75) is 45.6 Å². The van der Waals surface area contributed by atoms with Crippen molar-refractivity contribution in [3.05, 3.63) is 29.8 Å². The molecule has 3 nitrogen and oxygen atoms in total. The Bertz CT molecular complexity index is 419.